The van der Waals surface area contributed by atoms with E-state index in [0.29, 0.717) is 6.42 Å². The minimum absolute atomic E-state index is 0.151. The van der Waals surface area contributed by atoms with Crippen molar-refractivity contribution in [3.05, 3.63) is 17.7 Å². The fourth-order valence-corrected chi connectivity index (χ4v) is 4.14. The van der Waals surface area contributed by atoms with Crippen molar-refractivity contribution in [3.8, 4) is 5.75 Å². The van der Waals surface area contributed by atoms with Crippen LogP contribution < -0.4 is 10.6 Å². The molecule has 29 heavy (non-hydrogen) atoms. The van der Waals surface area contributed by atoms with Crippen LogP contribution in [0.15, 0.2) is 17.0 Å². The summed E-state index contributed by atoms with van der Waals surface area (Å²) in [5, 5.41) is 10.2. The number of rotatable bonds is 4. The van der Waals surface area contributed by atoms with Gasteiger partial charge in [-0.15, -0.1) is 0 Å². The van der Waals surface area contributed by atoms with E-state index in [-0.39, 0.29) is 35.1 Å². The van der Waals surface area contributed by atoms with Crippen LogP contribution >= 0.6 is 0 Å². The Bertz CT molecular complexity index is 906. The van der Waals surface area contributed by atoms with Crippen LogP contribution in [0.3, 0.4) is 0 Å². The second kappa shape index (κ2) is 8.19. The number of anilines is 1. The van der Waals surface area contributed by atoms with E-state index in [2.05, 4.69) is 4.74 Å². The summed E-state index contributed by atoms with van der Waals surface area (Å²) < 4.78 is 34.7. The first-order valence-electron chi connectivity index (χ1n) is 9.15. The lowest BCUT2D eigenvalue weighted by Crippen LogP contribution is -2.50. The minimum atomic E-state index is -3.75. The Balaban J connectivity index is 2.37. The monoisotopic (exact) mass is 428 g/mol. The third kappa shape index (κ3) is 5.39. The highest BCUT2D eigenvalue weighted by Gasteiger charge is 2.35. The highest BCUT2D eigenvalue weighted by Crippen LogP contribution is 2.36. The van der Waals surface area contributed by atoms with Crippen molar-refractivity contribution in [3.63, 3.8) is 0 Å². The molecule has 10 heteroatoms. The zero-order valence-corrected chi connectivity index (χ0v) is 18.1. The molecule has 1 heterocycles. The number of hydrogen-bond acceptors (Lipinski definition) is 9. The van der Waals surface area contributed by atoms with E-state index in [1.54, 1.807) is 25.7 Å². The van der Waals surface area contributed by atoms with E-state index < -0.39 is 39.2 Å². The Morgan fingerprint density at radius 2 is 1.90 bits per heavy atom. The zero-order chi connectivity index (χ0) is 22.1. The molecule has 0 aromatic heterocycles. The third-order valence-electron chi connectivity index (χ3n) is 4.58. The second-order valence-electron chi connectivity index (χ2n) is 8.12. The van der Waals surface area contributed by atoms with Crippen LogP contribution in [0.25, 0.3) is 0 Å². The fourth-order valence-electron chi connectivity index (χ4n) is 3.25. The fraction of sp³-hybridized carbons (Fsp3) is 0.579. The Morgan fingerprint density at radius 3 is 2.38 bits per heavy atom. The molecule has 2 atom stereocenters. The number of phenols is 1. The number of methoxy groups -OCH3 is 1. The largest absolute Gasteiger partial charge is 0.507 e. The van der Waals surface area contributed by atoms with Gasteiger partial charge in [-0.2, -0.15) is 0 Å². The molecule has 2 unspecified atom stereocenters. The molecule has 2 rings (SSSR count). The van der Waals surface area contributed by atoms with E-state index in [4.69, 9.17) is 10.5 Å². The standard InChI is InChI=1S/C19H28N2O7S/c1-19(2,3)28-17(23)11-6-7-21(16(20)8-11)13-10-14(22)12(18(24)27-4)9-15(13)29(5,25)26/h9-11,16,22H,6-8,20H2,1-5H3. The van der Waals surface area contributed by atoms with E-state index in [1.165, 1.54) is 6.07 Å². The normalized spacial score (nSPS) is 20.3. The van der Waals surface area contributed by atoms with Crippen molar-refractivity contribution >= 4 is 27.5 Å². The lowest BCUT2D eigenvalue weighted by molar-refractivity contribution is -0.161. The van der Waals surface area contributed by atoms with Crippen molar-refractivity contribution in [1.29, 1.82) is 0 Å². The molecule has 1 aliphatic heterocycles. The molecule has 1 aromatic rings. The number of phenolic OH excluding ortho intramolecular Hbond substituents is 1. The molecule has 0 radical (unpaired) electrons. The number of nitrogens with zero attached hydrogens (tertiary/aromatic N) is 1. The highest BCUT2D eigenvalue weighted by atomic mass is 32.2. The summed E-state index contributed by atoms with van der Waals surface area (Å²) in [5.74, 6) is -2.03. The second-order valence-corrected chi connectivity index (χ2v) is 10.1. The van der Waals surface area contributed by atoms with Gasteiger partial charge < -0.3 is 25.2 Å². The summed E-state index contributed by atoms with van der Waals surface area (Å²) in [7, 11) is -2.62. The Kier molecular flexibility index (Phi) is 6.48. The maximum Gasteiger partial charge on any atom is 0.341 e. The van der Waals surface area contributed by atoms with E-state index in [9.17, 15) is 23.1 Å². The van der Waals surface area contributed by atoms with Crippen LogP contribution in [-0.2, 0) is 24.1 Å². The minimum Gasteiger partial charge on any atom is -0.507 e. The van der Waals surface area contributed by atoms with Gasteiger partial charge in [0, 0.05) is 18.9 Å². The summed E-state index contributed by atoms with van der Waals surface area (Å²) >= 11 is 0. The molecule has 162 valence electrons. The van der Waals surface area contributed by atoms with E-state index in [1.807, 2.05) is 0 Å². The molecule has 0 saturated carbocycles. The van der Waals surface area contributed by atoms with E-state index >= 15 is 0 Å². The van der Waals surface area contributed by atoms with Crippen LogP contribution in [0.1, 0.15) is 44.0 Å². The van der Waals surface area contributed by atoms with Gasteiger partial charge in [0.2, 0.25) is 0 Å². The van der Waals surface area contributed by atoms with E-state index in [0.717, 1.165) is 19.4 Å². The molecule has 0 spiro atoms. The van der Waals surface area contributed by atoms with Crippen LogP contribution in [0.4, 0.5) is 5.69 Å². The molecule has 9 nitrogen and oxygen atoms in total. The van der Waals surface area contributed by atoms with Crippen LogP contribution in [0, 0.1) is 5.92 Å². The number of piperidine rings is 1. The number of sulfone groups is 1. The zero-order valence-electron chi connectivity index (χ0n) is 17.3. The van der Waals surface area contributed by atoms with Gasteiger partial charge in [-0.3, -0.25) is 4.79 Å². The number of aromatic hydroxyl groups is 1. The van der Waals surface area contributed by atoms with Crippen LogP contribution in [0.5, 0.6) is 5.75 Å². The molecule has 0 bridgehead atoms. The number of carbonyl (C=O) groups excluding carboxylic acids is 2. The number of hydrogen-bond donors (Lipinski definition) is 2. The number of benzene rings is 1. The number of ether oxygens (including phenoxy) is 2. The van der Waals surface area contributed by atoms with Crippen molar-refractivity contribution in [2.45, 2.75) is 50.3 Å². The third-order valence-corrected chi connectivity index (χ3v) is 5.70. The summed E-state index contributed by atoms with van der Waals surface area (Å²) in [6, 6.07) is 2.27. The molecule has 0 aliphatic carbocycles. The van der Waals surface area contributed by atoms with Gasteiger partial charge in [0.25, 0.3) is 0 Å². The topological polar surface area (TPSA) is 136 Å². The highest BCUT2D eigenvalue weighted by molar-refractivity contribution is 7.90. The first-order valence-corrected chi connectivity index (χ1v) is 11.0. The molecule has 0 amide bonds. The number of carbonyl (C=O) groups is 2. The van der Waals surface area contributed by atoms with Gasteiger partial charge in [-0.05, 0) is 39.7 Å². The molecular weight excluding hydrogens is 400 g/mol. The SMILES string of the molecule is COC(=O)c1cc(S(C)(=O)=O)c(N2CCC(C(=O)OC(C)(C)C)CC2N)cc1O. The Morgan fingerprint density at radius 1 is 1.28 bits per heavy atom. The average Bonchev–Trinajstić information content (AvgIpc) is 2.58. The van der Waals surface area contributed by atoms with Crippen LogP contribution in [-0.4, -0.2) is 57.1 Å². The predicted octanol–water partition coefficient (Wildman–Crippen LogP) is 1.43. The molecule has 1 aromatic carbocycles. The predicted molar refractivity (Wildman–Crippen MR) is 106 cm³/mol. The lowest BCUT2D eigenvalue weighted by atomic mass is 9.93. The molecular formula is C19H28N2O7S. The van der Waals surface area contributed by atoms with Gasteiger partial charge in [-0.1, -0.05) is 0 Å². The summed E-state index contributed by atoms with van der Waals surface area (Å²) in [6.07, 6.45) is 0.997. The molecule has 1 aliphatic rings. The Labute approximate surface area is 170 Å². The van der Waals surface area contributed by atoms with Gasteiger partial charge in [0.1, 0.15) is 16.9 Å². The maximum atomic E-state index is 12.4. The van der Waals surface area contributed by atoms with Gasteiger partial charge in [0.05, 0.1) is 29.8 Å². The van der Waals surface area contributed by atoms with Gasteiger partial charge in [0.15, 0.2) is 9.84 Å². The van der Waals surface area contributed by atoms with Crippen molar-refractivity contribution < 1.29 is 32.6 Å². The quantitative estimate of drug-likeness (QED) is 0.682. The number of esters is 2. The summed E-state index contributed by atoms with van der Waals surface area (Å²) in [5.41, 5.74) is 5.54. The van der Waals surface area contributed by atoms with Gasteiger partial charge in [-0.25, -0.2) is 13.2 Å². The molecule has 1 fully saturated rings. The molecule has 3 N–H and O–H groups in total. The first kappa shape index (κ1) is 23.0. The summed E-state index contributed by atoms with van der Waals surface area (Å²) in [4.78, 5) is 25.6. The summed E-state index contributed by atoms with van der Waals surface area (Å²) in [6.45, 7) is 5.63. The van der Waals surface area contributed by atoms with Crippen molar-refractivity contribution in [2.24, 2.45) is 11.7 Å². The number of nitrogens with two attached hydrogens (primary N) is 1. The lowest BCUT2D eigenvalue weighted by Gasteiger charge is -2.39. The van der Waals surface area contributed by atoms with Crippen molar-refractivity contribution in [1.82, 2.24) is 0 Å². The maximum absolute atomic E-state index is 12.4. The smallest absolute Gasteiger partial charge is 0.341 e. The Hall–Kier alpha value is -2.33. The average molecular weight is 429 g/mol. The van der Waals surface area contributed by atoms with Gasteiger partial charge >= 0.3 is 11.9 Å². The first-order chi connectivity index (χ1) is 13.2. The molecule has 1 saturated heterocycles. The van der Waals surface area contributed by atoms with Crippen molar-refractivity contribution in [2.75, 3.05) is 24.8 Å². The van der Waals surface area contributed by atoms with Crippen LogP contribution in [0.2, 0.25) is 0 Å².